The number of rotatable bonds is 3. The third-order valence-electron chi connectivity index (χ3n) is 2.06. The lowest BCUT2D eigenvalue weighted by molar-refractivity contribution is 0.111. The molecule has 0 aliphatic rings. The van der Waals surface area contributed by atoms with Gasteiger partial charge in [-0.3, -0.25) is 4.79 Å². The van der Waals surface area contributed by atoms with Gasteiger partial charge in [-0.25, -0.2) is 0 Å². The number of carbonyl (C=O) groups excluding carboxylic acids is 1. The van der Waals surface area contributed by atoms with E-state index >= 15 is 0 Å². The van der Waals surface area contributed by atoms with Crippen LogP contribution in [0.5, 0.6) is 0 Å². The molecule has 2 aromatic rings. The minimum atomic E-state index is 0.615. The highest BCUT2D eigenvalue weighted by Crippen LogP contribution is 2.26. The summed E-state index contributed by atoms with van der Waals surface area (Å²) in [6.07, 6.45) is 0.819. The Morgan fingerprint density at radius 2 is 1.87 bits per heavy atom. The number of benzene rings is 1. The van der Waals surface area contributed by atoms with Gasteiger partial charge in [0.15, 0.2) is 6.29 Å². The van der Waals surface area contributed by atoms with Crippen molar-refractivity contribution in [3.63, 3.8) is 0 Å². The monoisotopic (exact) mass is 217 g/mol. The number of hydrogen-bond donors (Lipinski definition) is 1. The third-order valence-corrected chi connectivity index (χ3v) is 3.02. The largest absolute Gasteiger partial charge is 0.347 e. The molecule has 1 N–H and O–H groups in total. The van der Waals surface area contributed by atoms with Gasteiger partial charge in [0.05, 0.1) is 10.7 Å². The van der Waals surface area contributed by atoms with E-state index in [1.54, 1.807) is 17.8 Å². The highest BCUT2D eigenvalue weighted by atomic mass is 32.2. The number of aromatic nitrogens is 1. The number of aromatic amines is 1. The number of carbonyl (C=O) groups is 1. The van der Waals surface area contributed by atoms with Gasteiger partial charge in [0.2, 0.25) is 0 Å². The Morgan fingerprint density at radius 3 is 2.47 bits per heavy atom. The molecule has 0 aliphatic carbocycles. The standard InChI is InChI=1S/C12H11NOS/c1-9-2-5-11(6-3-9)15-12-7-4-10(8-14)13-12/h2-8,13H,1H3. The molecule has 1 heterocycles. The quantitative estimate of drug-likeness (QED) is 0.800. The molecule has 0 unspecified atom stereocenters. The summed E-state index contributed by atoms with van der Waals surface area (Å²) in [6.45, 7) is 2.06. The molecule has 15 heavy (non-hydrogen) atoms. The van der Waals surface area contributed by atoms with Crippen molar-refractivity contribution in [1.29, 1.82) is 0 Å². The summed E-state index contributed by atoms with van der Waals surface area (Å²) in [4.78, 5) is 14.7. The maximum Gasteiger partial charge on any atom is 0.166 e. The average molecular weight is 217 g/mol. The van der Waals surface area contributed by atoms with Crippen molar-refractivity contribution in [2.24, 2.45) is 0 Å². The molecule has 2 nitrogen and oxygen atoms in total. The van der Waals surface area contributed by atoms with Crippen molar-refractivity contribution in [3.05, 3.63) is 47.7 Å². The Hall–Kier alpha value is -1.48. The molecule has 2 rings (SSSR count). The molecule has 0 saturated heterocycles. The third kappa shape index (κ3) is 2.50. The van der Waals surface area contributed by atoms with Gasteiger partial charge < -0.3 is 4.98 Å². The number of aldehydes is 1. The second kappa shape index (κ2) is 4.36. The van der Waals surface area contributed by atoms with Crippen LogP contribution in [0.4, 0.5) is 0 Å². The normalized spacial score (nSPS) is 10.2. The fourth-order valence-electron chi connectivity index (χ4n) is 1.25. The predicted molar refractivity (Wildman–Crippen MR) is 61.5 cm³/mol. The van der Waals surface area contributed by atoms with Crippen LogP contribution in [-0.2, 0) is 0 Å². The van der Waals surface area contributed by atoms with Gasteiger partial charge in [-0.15, -0.1) is 0 Å². The summed E-state index contributed by atoms with van der Waals surface area (Å²) >= 11 is 1.62. The molecule has 0 atom stereocenters. The maximum absolute atomic E-state index is 10.5. The summed E-state index contributed by atoms with van der Waals surface area (Å²) < 4.78 is 0. The van der Waals surface area contributed by atoms with E-state index in [0.717, 1.165) is 11.3 Å². The van der Waals surface area contributed by atoms with Gasteiger partial charge >= 0.3 is 0 Å². The lowest BCUT2D eigenvalue weighted by Gasteiger charge is -1.99. The second-order valence-electron chi connectivity index (χ2n) is 3.31. The lowest BCUT2D eigenvalue weighted by Crippen LogP contribution is -1.78. The minimum absolute atomic E-state index is 0.615. The van der Waals surface area contributed by atoms with Gasteiger partial charge in [-0.05, 0) is 31.2 Å². The molecular weight excluding hydrogens is 206 g/mol. The summed E-state index contributed by atoms with van der Waals surface area (Å²) in [7, 11) is 0. The van der Waals surface area contributed by atoms with Crippen LogP contribution in [0.15, 0.2) is 46.3 Å². The van der Waals surface area contributed by atoms with E-state index in [1.165, 1.54) is 10.5 Å². The number of H-pyrrole nitrogens is 1. The molecule has 0 bridgehead atoms. The van der Waals surface area contributed by atoms with Crippen molar-refractivity contribution >= 4 is 18.0 Å². The summed E-state index contributed by atoms with van der Waals surface area (Å²) in [6, 6.07) is 12.0. The topological polar surface area (TPSA) is 32.9 Å². The Kier molecular flexibility index (Phi) is 2.92. The maximum atomic E-state index is 10.5. The second-order valence-corrected chi connectivity index (χ2v) is 4.43. The number of aryl methyl sites for hydroxylation is 1. The summed E-state index contributed by atoms with van der Waals surface area (Å²) in [5.41, 5.74) is 1.86. The van der Waals surface area contributed by atoms with Crippen molar-refractivity contribution in [1.82, 2.24) is 4.98 Å². The highest BCUT2D eigenvalue weighted by molar-refractivity contribution is 7.99. The molecule has 3 heteroatoms. The first-order chi connectivity index (χ1) is 7.28. The molecule has 0 amide bonds. The Bertz CT molecular complexity index is 459. The van der Waals surface area contributed by atoms with Gasteiger partial charge in [-0.1, -0.05) is 29.5 Å². The number of hydrogen-bond acceptors (Lipinski definition) is 2. The SMILES string of the molecule is Cc1ccc(Sc2ccc(C=O)[nH]2)cc1. The van der Waals surface area contributed by atoms with Crippen molar-refractivity contribution < 1.29 is 4.79 Å². The zero-order valence-electron chi connectivity index (χ0n) is 8.36. The first-order valence-corrected chi connectivity index (χ1v) is 5.48. The fraction of sp³-hybridized carbons (Fsp3) is 0.0833. The average Bonchev–Trinajstić information content (AvgIpc) is 2.69. The molecule has 0 saturated carbocycles. The van der Waals surface area contributed by atoms with E-state index in [9.17, 15) is 4.79 Å². The molecule has 0 spiro atoms. The van der Waals surface area contributed by atoms with Gasteiger partial charge in [-0.2, -0.15) is 0 Å². The lowest BCUT2D eigenvalue weighted by atomic mass is 10.2. The van der Waals surface area contributed by atoms with Crippen LogP contribution in [-0.4, -0.2) is 11.3 Å². The molecule has 1 aromatic heterocycles. The Balaban J connectivity index is 2.14. The van der Waals surface area contributed by atoms with Crippen LogP contribution >= 0.6 is 11.8 Å². The van der Waals surface area contributed by atoms with Crippen LogP contribution in [0.25, 0.3) is 0 Å². The van der Waals surface area contributed by atoms with Gasteiger partial charge in [0.25, 0.3) is 0 Å². The molecule has 0 aliphatic heterocycles. The van der Waals surface area contributed by atoms with E-state index in [-0.39, 0.29) is 0 Å². The number of nitrogens with one attached hydrogen (secondary N) is 1. The van der Waals surface area contributed by atoms with Crippen LogP contribution < -0.4 is 0 Å². The van der Waals surface area contributed by atoms with Crippen molar-refractivity contribution in [2.45, 2.75) is 16.8 Å². The molecule has 0 fully saturated rings. The highest BCUT2D eigenvalue weighted by Gasteiger charge is 1.99. The fourth-order valence-corrected chi connectivity index (χ4v) is 2.08. The zero-order chi connectivity index (χ0) is 10.7. The Labute approximate surface area is 92.7 Å². The predicted octanol–water partition coefficient (Wildman–Crippen LogP) is 3.29. The van der Waals surface area contributed by atoms with E-state index in [1.807, 2.05) is 6.07 Å². The van der Waals surface area contributed by atoms with Crippen LogP contribution in [0.3, 0.4) is 0 Å². The van der Waals surface area contributed by atoms with E-state index in [4.69, 9.17) is 0 Å². The molecule has 76 valence electrons. The van der Waals surface area contributed by atoms with Gasteiger partial charge in [0.1, 0.15) is 0 Å². The first kappa shape index (κ1) is 10.1. The van der Waals surface area contributed by atoms with E-state index in [0.29, 0.717) is 5.69 Å². The summed E-state index contributed by atoms with van der Waals surface area (Å²) in [5.74, 6) is 0. The smallest absolute Gasteiger partial charge is 0.166 e. The summed E-state index contributed by atoms with van der Waals surface area (Å²) in [5, 5.41) is 0.987. The van der Waals surface area contributed by atoms with E-state index < -0.39 is 0 Å². The van der Waals surface area contributed by atoms with Crippen LogP contribution in [0, 0.1) is 6.92 Å². The Morgan fingerprint density at radius 1 is 1.13 bits per heavy atom. The minimum Gasteiger partial charge on any atom is -0.347 e. The molecule has 1 aromatic carbocycles. The first-order valence-electron chi connectivity index (χ1n) is 4.66. The zero-order valence-corrected chi connectivity index (χ0v) is 9.17. The molecule has 0 radical (unpaired) electrons. The van der Waals surface area contributed by atoms with Crippen molar-refractivity contribution in [3.8, 4) is 0 Å². The van der Waals surface area contributed by atoms with Crippen molar-refractivity contribution in [2.75, 3.05) is 0 Å². The van der Waals surface area contributed by atoms with Crippen LogP contribution in [0.2, 0.25) is 0 Å². The van der Waals surface area contributed by atoms with Gasteiger partial charge in [0, 0.05) is 4.90 Å². The van der Waals surface area contributed by atoms with Crippen LogP contribution in [0.1, 0.15) is 16.1 Å². The molecular formula is C12H11NOS. The van der Waals surface area contributed by atoms with E-state index in [2.05, 4.69) is 36.2 Å².